The van der Waals surface area contributed by atoms with Gasteiger partial charge in [0.25, 0.3) is 0 Å². The molecule has 0 bridgehead atoms. The van der Waals surface area contributed by atoms with E-state index < -0.39 is 0 Å². The van der Waals surface area contributed by atoms with Gasteiger partial charge in [-0.2, -0.15) is 0 Å². The molecule has 4 heteroatoms. The Balaban J connectivity index is 2.35. The molecule has 0 saturated heterocycles. The maximum absolute atomic E-state index is 6.05. The van der Waals surface area contributed by atoms with Crippen LogP contribution in [-0.4, -0.2) is 16.6 Å². The van der Waals surface area contributed by atoms with Crippen LogP contribution in [-0.2, 0) is 0 Å². The van der Waals surface area contributed by atoms with E-state index in [2.05, 4.69) is 9.97 Å². The second-order valence-electron chi connectivity index (χ2n) is 4.55. The highest BCUT2D eigenvalue weighted by molar-refractivity contribution is 6.29. The van der Waals surface area contributed by atoms with Gasteiger partial charge >= 0.3 is 0 Å². The van der Waals surface area contributed by atoms with Crippen molar-refractivity contribution in [3.63, 3.8) is 0 Å². The van der Waals surface area contributed by atoms with Crippen molar-refractivity contribution in [2.45, 2.75) is 26.7 Å². The zero-order valence-electron chi connectivity index (χ0n) is 11.4. The zero-order chi connectivity index (χ0) is 13.8. The van der Waals surface area contributed by atoms with E-state index in [-0.39, 0.29) is 5.92 Å². The molecule has 0 N–H and O–H groups in total. The van der Waals surface area contributed by atoms with Crippen molar-refractivity contribution in [3.8, 4) is 17.0 Å². The van der Waals surface area contributed by atoms with Gasteiger partial charge in [0.15, 0.2) is 0 Å². The summed E-state index contributed by atoms with van der Waals surface area (Å²) in [6, 6.07) is 9.61. The summed E-state index contributed by atoms with van der Waals surface area (Å²) >= 11 is 6.05. The Bertz CT molecular complexity index is 553. The van der Waals surface area contributed by atoms with E-state index in [0.29, 0.717) is 11.8 Å². The van der Waals surface area contributed by atoms with Crippen LogP contribution in [0.3, 0.4) is 0 Å². The van der Waals surface area contributed by atoms with Crippen LogP contribution >= 0.6 is 11.6 Å². The van der Waals surface area contributed by atoms with Crippen LogP contribution in [0.15, 0.2) is 30.3 Å². The van der Waals surface area contributed by atoms with Crippen molar-refractivity contribution in [1.82, 2.24) is 9.97 Å². The molecule has 0 spiro atoms. The van der Waals surface area contributed by atoms with Crippen LogP contribution in [0.4, 0.5) is 0 Å². The summed E-state index contributed by atoms with van der Waals surface area (Å²) in [6.45, 7) is 6.73. The molecular formula is C15H17ClN2O. The van der Waals surface area contributed by atoms with Crippen molar-refractivity contribution in [2.24, 2.45) is 0 Å². The lowest BCUT2D eigenvalue weighted by molar-refractivity contribution is 0.340. The molecule has 0 atom stereocenters. The average molecular weight is 277 g/mol. The first-order valence-electron chi connectivity index (χ1n) is 6.38. The van der Waals surface area contributed by atoms with Crippen LogP contribution in [0.5, 0.6) is 5.75 Å². The Morgan fingerprint density at radius 1 is 1.16 bits per heavy atom. The van der Waals surface area contributed by atoms with Gasteiger partial charge in [0.1, 0.15) is 16.7 Å². The number of benzene rings is 1. The highest BCUT2D eigenvalue weighted by Gasteiger charge is 2.08. The summed E-state index contributed by atoms with van der Waals surface area (Å²) < 4.78 is 5.42. The van der Waals surface area contributed by atoms with Crippen LogP contribution in [0.2, 0.25) is 5.15 Å². The van der Waals surface area contributed by atoms with Crippen molar-refractivity contribution in [1.29, 1.82) is 0 Å². The summed E-state index contributed by atoms with van der Waals surface area (Å²) in [6.07, 6.45) is 0. The van der Waals surface area contributed by atoms with Gasteiger partial charge in [-0.3, -0.25) is 0 Å². The highest BCUT2D eigenvalue weighted by atomic mass is 35.5. The molecule has 100 valence electrons. The summed E-state index contributed by atoms with van der Waals surface area (Å²) in [5.41, 5.74) is 1.85. The summed E-state index contributed by atoms with van der Waals surface area (Å²) in [4.78, 5) is 8.78. The van der Waals surface area contributed by atoms with Crippen LogP contribution in [0, 0.1) is 0 Å². The van der Waals surface area contributed by atoms with E-state index in [4.69, 9.17) is 16.3 Å². The average Bonchev–Trinajstić information content (AvgIpc) is 2.39. The molecule has 0 aliphatic carbocycles. The fourth-order valence-corrected chi connectivity index (χ4v) is 1.92. The van der Waals surface area contributed by atoms with Gasteiger partial charge < -0.3 is 4.74 Å². The Hall–Kier alpha value is -1.61. The van der Waals surface area contributed by atoms with E-state index in [0.717, 1.165) is 22.8 Å². The van der Waals surface area contributed by atoms with Crippen molar-refractivity contribution >= 4 is 11.6 Å². The molecule has 0 aliphatic rings. The van der Waals surface area contributed by atoms with E-state index in [9.17, 15) is 0 Å². The fraction of sp³-hybridized carbons (Fsp3) is 0.333. The molecule has 0 saturated carbocycles. The van der Waals surface area contributed by atoms with Crippen molar-refractivity contribution in [2.75, 3.05) is 6.61 Å². The largest absolute Gasteiger partial charge is 0.494 e. The molecule has 2 aromatic rings. The van der Waals surface area contributed by atoms with Gasteiger partial charge in [-0.05, 0) is 31.2 Å². The van der Waals surface area contributed by atoms with Gasteiger partial charge in [0, 0.05) is 17.5 Å². The number of hydrogen-bond acceptors (Lipinski definition) is 3. The van der Waals surface area contributed by atoms with E-state index in [1.807, 2.05) is 45.0 Å². The lowest BCUT2D eigenvalue weighted by Gasteiger charge is -2.08. The number of aromatic nitrogens is 2. The topological polar surface area (TPSA) is 35.0 Å². The maximum atomic E-state index is 6.05. The first-order chi connectivity index (χ1) is 9.10. The summed E-state index contributed by atoms with van der Waals surface area (Å²) in [5, 5.41) is 0.475. The van der Waals surface area contributed by atoms with Gasteiger partial charge in [0.2, 0.25) is 0 Å². The quantitative estimate of drug-likeness (QED) is 0.780. The van der Waals surface area contributed by atoms with Gasteiger partial charge in [-0.15, -0.1) is 0 Å². The minimum absolute atomic E-state index is 0.250. The highest BCUT2D eigenvalue weighted by Crippen LogP contribution is 2.24. The maximum Gasteiger partial charge on any atom is 0.133 e. The fourth-order valence-electron chi connectivity index (χ4n) is 1.73. The smallest absolute Gasteiger partial charge is 0.133 e. The number of halogens is 1. The van der Waals surface area contributed by atoms with Crippen LogP contribution in [0.1, 0.15) is 32.5 Å². The molecular weight excluding hydrogens is 260 g/mol. The SMILES string of the molecule is CCOc1ccc(-c2cc(Cl)nc(C(C)C)n2)cc1. The lowest BCUT2D eigenvalue weighted by Crippen LogP contribution is -1.99. The Morgan fingerprint density at radius 2 is 1.84 bits per heavy atom. The zero-order valence-corrected chi connectivity index (χ0v) is 12.1. The predicted octanol–water partition coefficient (Wildman–Crippen LogP) is 4.32. The summed E-state index contributed by atoms with van der Waals surface area (Å²) in [7, 11) is 0. The third kappa shape index (κ3) is 3.44. The molecule has 1 aromatic carbocycles. The summed E-state index contributed by atoms with van der Waals surface area (Å²) in [5.74, 6) is 1.87. The normalized spacial score (nSPS) is 10.8. The van der Waals surface area contributed by atoms with E-state index in [1.54, 1.807) is 6.07 Å². The molecule has 0 unspecified atom stereocenters. The Labute approximate surface area is 118 Å². The first kappa shape index (κ1) is 13.8. The molecule has 1 aromatic heterocycles. The van der Waals surface area contributed by atoms with Crippen molar-refractivity contribution < 1.29 is 4.74 Å². The minimum atomic E-state index is 0.250. The molecule has 19 heavy (non-hydrogen) atoms. The molecule has 0 radical (unpaired) electrons. The monoisotopic (exact) mass is 276 g/mol. The number of nitrogens with zero attached hydrogens (tertiary/aromatic N) is 2. The molecule has 3 nitrogen and oxygen atoms in total. The molecule has 2 rings (SSSR count). The predicted molar refractivity (Wildman–Crippen MR) is 77.7 cm³/mol. The third-order valence-corrected chi connectivity index (χ3v) is 2.88. The van der Waals surface area contributed by atoms with Crippen LogP contribution in [0.25, 0.3) is 11.3 Å². The van der Waals surface area contributed by atoms with Gasteiger partial charge in [0.05, 0.1) is 12.3 Å². The molecule has 1 heterocycles. The minimum Gasteiger partial charge on any atom is -0.494 e. The standard InChI is InChI=1S/C15H17ClN2O/c1-4-19-12-7-5-11(6-8-12)13-9-14(16)18-15(17-13)10(2)3/h5-10H,4H2,1-3H3. The van der Waals surface area contributed by atoms with Crippen molar-refractivity contribution in [3.05, 3.63) is 41.3 Å². The van der Waals surface area contributed by atoms with Crippen LogP contribution < -0.4 is 4.74 Å². The van der Waals surface area contributed by atoms with E-state index in [1.165, 1.54) is 0 Å². The molecule has 0 aliphatic heterocycles. The third-order valence-electron chi connectivity index (χ3n) is 2.69. The van der Waals surface area contributed by atoms with Gasteiger partial charge in [-0.1, -0.05) is 25.4 Å². The lowest BCUT2D eigenvalue weighted by atomic mass is 10.1. The van der Waals surface area contributed by atoms with Gasteiger partial charge in [-0.25, -0.2) is 9.97 Å². The molecule has 0 fully saturated rings. The van der Waals surface area contributed by atoms with E-state index >= 15 is 0 Å². The number of ether oxygens (including phenoxy) is 1. The Morgan fingerprint density at radius 3 is 2.42 bits per heavy atom. The number of rotatable bonds is 4. The Kier molecular flexibility index (Phi) is 4.38. The first-order valence-corrected chi connectivity index (χ1v) is 6.75. The molecule has 0 amide bonds. The second-order valence-corrected chi connectivity index (χ2v) is 4.93. The number of hydrogen-bond donors (Lipinski definition) is 0. The second kappa shape index (κ2) is 6.02.